The first-order valence-electron chi connectivity index (χ1n) is 6.97. The molecule has 18 heavy (non-hydrogen) atoms. The van der Waals surface area contributed by atoms with Crippen molar-refractivity contribution in [2.45, 2.75) is 50.5 Å². The molecule has 1 aromatic heterocycles. The first kappa shape index (κ1) is 10.9. The smallest absolute Gasteiger partial charge is 0.178 e. The Bertz CT molecular complexity index is 510. The van der Waals surface area contributed by atoms with Crippen LogP contribution in [-0.2, 0) is 0 Å². The van der Waals surface area contributed by atoms with Crippen molar-refractivity contribution < 1.29 is 4.79 Å². The molecule has 0 saturated heterocycles. The van der Waals surface area contributed by atoms with Crippen LogP contribution >= 0.6 is 11.3 Å². The van der Waals surface area contributed by atoms with Gasteiger partial charge in [-0.1, -0.05) is 0 Å². The average Bonchev–Trinajstić information content (AvgIpc) is 3.22. The summed E-state index contributed by atoms with van der Waals surface area (Å²) >= 11 is 1.61. The van der Waals surface area contributed by atoms with Gasteiger partial charge in [0.1, 0.15) is 0 Å². The number of carbonyl (C=O) groups is 1. The van der Waals surface area contributed by atoms with Gasteiger partial charge in [0.05, 0.1) is 15.6 Å². The largest absolute Gasteiger partial charge is 0.397 e. The fraction of sp³-hybridized carbons (Fsp3) is 0.643. The van der Waals surface area contributed by atoms with Crippen LogP contribution < -0.4 is 11.1 Å². The Morgan fingerprint density at radius 1 is 1.17 bits per heavy atom. The molecular weight excluding hydrogens is 244 g/mol. The predicted molar refractivity (Wildman–Crippen MR) is 74.4 cm³/mol. The van der Waals surface area contributed by atoms with Gasteiger partial charge in [0.25, 0.3) is 0 Å². The molecular formula is C14H18N2OS. The van der Waals surface area contributed by atoms with Crippen molar-refractivity contribution >= 4 is 27.8 Å². The second-order valence-corrected chi connectivity index (χ2v) is 6.94. The minimum absolute atomic E-state index is 0.270. The molecule has 3 N–H and O–H groups in total. The van der Waals surface area contributed by atoms with E-state index in [4.69, 9.17) is 5.73 Å². The van der Waals surface area contributed by atoms with Gasteiger partial charge < -0.3 is 11.1 Å². The molecule has 4 rings (SSSR count). The standard InChI is InChI=1S/C14H18N2OS/c15-11-10(7-1-2-7)14(16-9-5-6-9)18-13(11)12(17)8-3-4-8/h7-9,16H,1-6,15H2. The van der Waals surface area contributed by atoms with Crippen LogP contribution in [-0.4, -0.2) is 11.8 Å². The van der Waals surface area contributed by atoms with E-state index >= 15 is 0 Å². The van der Waals surface area contributed by atoms with Crippen molar-refractivity contribution in [3.63, 3.8) is 0 Å². The predicted octanol–water partition coefficient (Wildman–Crippen LogP) is 3.37. The van der Waals surface area contributed by atoms with Crippen LogP contribution in [0.4, 0.5) is 10.7 Å². The number of Topliss-reactive ketones (excluding diaryl/α,β-unsaturated/α-hetero) is 1. The van der Waals surface area contributed by atoms with E-state index in [1.165, 1.54) is 36.2 Å². The van der Waals surface area contributed by atoms with Crippen molar-refractivity contribution in [3.05, 3.63) is 10.4 Å². The highest BCUT2D eigenvalue weighted by molar-refractivity contribution is 7.19. The minimum atomic E-state index is 0.270. The van der Waals surface area contributed by atoms with E-state index in [2.05, 4.69) is 5.32 Å². The maximum absolute atomic E-state index is 12.2. The van der Waals surface area contributed by atoms with Gasteiger partial charge in [0, 0.05) is 17.5 Å². The molecule has 3 saturated carbocycles. The molecule has 0 amide bonds. The lowest BCUT2D eigenvalue weighted by Gasteiger charge is -2.05. The zero-order valence-electron chi connectivity index (χ0n) is 10.4. The number of hydrogen-bond donors (Lipinski definition) is 2. The molecule has 0 spiro atoms. The SMILES string of the molecule is Nc1c(C(=O)C2CC2)sc(NC2CC2)c1C1CC1. The van der Waals surface area contributed by atoms with Crippen LogP contribution in [0.15, 0.2) is 0 Å². The molecule has 3 aliphatic carbocycles. The van der Waals surface area contributed by atoms with Crippen molar-refractivity contribution in [2.75, 3.05) is 11.1 Å². The highest BCUT2D eigenvalue weighted by atomic mass is 32.1. The molecule has 4 heteroatoms. The Kier molecular flexibility index (Phi) is 2.25. The lowest BCUT2D eigenvalue weighted by atomic mass is 10.1. The molecule has 0 aliphatic heterocycles. The maximum atomic E-state index is 12.2. The van der Waals surface area contributed by atoms with Gasteiger partial charge in [-0.25, -0.2) is 0 Å². The van der Waals surface area contributed by atoms with Gasteiger partial charge >= 0.3 is 0 Å². The first-order chi connectivity index (χ1) is 8.74. The quantitative estimate of drug-likeness (QED) is 0.800. The number of carbonyl (C=O) groups excluding carboxylic acids is 1. The summed E-state index contributed by atoms with van der Waals surface area (Å²) in [6.45, 7) is 0. The molecule has 3 fully saturated rings. The van der Waals surface area contributed by atoms with E-state index in [0.717, 1.165) is 23.4 Å². The van der Waals surface area contributed by atoms with E-state index in [-0.39, 0.29) is 5.92 Å². The monoisotopic (exact) mass is 262 g/mol. The number of hydrogen-bond acceptors (Lipinski definition) is 4. The summed E-state index contributed by atoms with van der Waals surface area (Å²) in [7, 11) is 0. The number of rotatable bonds is 5. The summed E-state index contributed by atoms with van der Waals surface area (Å²) in [5.41, 5.74) is 8.31. The lowest BCUT2D eigenvalue weighted by Crippen LogP contribution is -2.03. The molecule has 3 nitrogen and oxygen atoms in total. The zero-order valence-corrected chi connectivity index (χ0v) is 11.2. The van der Waals surface area contributed by atoms with E-state index in [1.807, 2.05) is 0 Å². The van der Waals surface area contributed by atoms with Crippen LogP contribution in [0.25, 0.3) is 0 Å². The fourth-order valence-corrected chi connectivity index (χ4v) is 3.77. The van der Waals surface area contributed by atoms with Crippen molar-refractivity contribution in [1.82, 2.24) is 0 Å². The van der Waals surface area contributed by atoms with Crippen molar-refractivity contribution in [3.8, 4) is 0 Å². The molecule has 1 heterocycles. The maximum Gasteiger partial charge on any atom is 0.178 e. The second-order valence-electron chi connectivity index (χ2n) is 5.92. The first-order valence-corrected chi connectivity index (χ1v) is 7.78. The molecule has 0 radical (unpaired) electrons. The number of nitrogens with one attached hydrogen (secondary N) is 1. The van der Waals surface area contributed by atoms with E-state index in [9.17, 15) is 4.79 Å². The van der Waals surface area contributed by atoms with Crippen LogP contribution in [0.2, 0.25) is 0 Å². The van der Waals surface area contributed by atoms with Crippen molar-refractivity contribution in [1.29, 1.82) is 0 Å². The molecule has 0 bridgehead atoms. The molecule has 0 atom stereocenters. The summed E-state index contributed by atoms with van der Waals surface area (Å²) in [5.74, 6) is 1.18. The lowest BCUT2D eigenvalue weighted by molar-refractivity contribution is 0.0972. The Morgan fingerprint density at radius 2 is 1.89 bits per heavy atom. The van der Waals surface area contributed by atoms with Gasteiger partial charge in [-0.2, -0.15) is 0 Å². The van der Waals surface area contributed by atoms with E-state index in [0.29, 0.717) is 17.7 Å². The Hall–Kier alpha value is -1.03. The third kappa shape index (κ3) is 1.83. The third-order valence-corrected chi connectivity index (χ3v) is 5.22. The van der Waals surface area contributed by atoms with Crippen LogP contribution in [0.5, 0.6) is 0 Å². The number of nitrogens with two attached hydrogens (primary N) is 1. The highest BCUT2D eigenvalue weighted by Gasteiger charge is 2.38. The van der Waals surface area contributed by atoms with Crippen LogP contribution in [0.3, 0.4) is 0 Å². The number of nitrogen functional groups attached to an aromatic ring is 1. The average molecular weight is 262 g/mol. The Balaban J connectivity index is 1.70. The van der Waals surface area contributed by atoms with Gasteiger partial charge in [-0.05, 0) is 44.4 Å². The molecule has 1 aromatic rings. The summed E-state index contributed by atoms with van der Waals surface area (Å²) in [4.78, 5) is 13.1. The number of ketones is 1. The fourth-order valence-electron chi connectivity index (χ4n) is 2.47. The second kappa shape index (κ2) is 3.73. The van der Waals surface area contributed by atoms with Gasteiger partial charge in [0.15, 0.2) is 5.78 Å². The Labute approximate surface area is 111 Å². The third-order valence-electron chi connectivity index (χ3n) is 4.05. The zero-order chi connectivity index (χ0) is 12.3. The highest BCUT2D eigenvalue weighted by Crippen LogP contribution is 2.52. The van der Waals surface area contributed by atoms with Gasteiger partial charge in [-0.15, -0.1) is 11.3 Å². The number of thiophene rings is 1. The Morgan fingerprint density at radius 3 is 2.44 bits per heavy atom. The van der Waals surface area contributed by atoms with Crippen LogP contribution in [0.1, 0.15) is 59.7 Å². The topological polar surface area (TPSA) is 55.1 Å². The summed E-state index contributed by atoms with van der Waals surface area (Å²) in [6.07, 6.45) is 7.09. The molecule has 3 aliphatic rings. The minimum Gasteiger partial charge on any atom is -0.397 e. The molecule has 96 valence electrons. The van der Waals surface area contributed by atoms with Gasteiger partial charge in [0.2, 0.25) is 0 Å². The van der Waals surface area contributed by atoms with E-state index < -0.39 is 0 Å². The summed E-state index contributed by atoms with van der Waals surface area (Å²) < 4.78 is 0. The van der Waals surface area contributed by atoms with Crippen LogP contribution in [0, 0.1) is 5.92 Å². The van der Waals surface area contributed by atoms with Crippen molar-refractivity contribution in [2.24, 2.45) is 5.92 Å². The molecule has 0 aromatic carbocycles. The normalized spacial score (nSPS) is 23.1. The summed E-state index contributed by atoms with van der Waals surface area (Å²) in [5, 5.41) is 4.76. The number of anilines is 2. The van der Waals surface area contributed by atoms with Gasteiger partial charge in [-0.3, -0.25) is 4.79 Å². The van der Waals surface area contributed by atoms with E-state index in [1.54, 1.807) is 11.3 Å². The molecule has 0 unspecified atom stereocenters. The summed E-state index contributed by atoms with van der Waals surface area (Å²) in [6, 6.07) is 0.629.